The first kappa shape index (κ1) is 20.4. The number of Topliss-reactive ketones (excluding diaryl/α,β-unsaturated/α-hetero) is 1. The monoisotopic (exact) mass is 393 g/mol. The summed E-state index contributed by atoms with van der Waals surface area (Å²) in [6.45, 7) is 8.42. The summed E-state index contributed by atoms with van der Waals surface area (Å²) in [4.78, 5) is 17.8. The van der Waals surface area contributed by atoms with Crippen LogP contribution < -0.4 is 0 Å². The van der Waals surface area contributed by atoms with Crippen molar-refractivity contribution in [2.75, 3.05) is 0 Å². The molecule has 1 atom stereocenters. The van der Waals surface area contributed by atoms with Crippen LogP contribution in [0.2, 0.25) is 0 Å². The Morgan fingerprint density at radius 3 is 2.68 bits per heavy atom. The average molecular weight is 394 g/mol. The predicted octanol–water partition coefficient (Wildman–Crippen LogP) is 6.55. The first-order chi connectivity index (χ1) is 13.5. The zero-order valence-electron chi connectivity index (χ0n) is 17.0. The van der Waals surface area contributed by atoms with Crippen molar-refractivity contribution >= 4 is 17.1 Å². The second-order valence-electron chi connectivity index (χ2n) is 7.11. The first-order valence-corrected chi connectivity index (χ1v) is 10.6. The molecule has 0 saturated heterocycles. The number of rotatable bonds is 8. The second-order valence-corrected chi connectivity index (χ2v) is 8.26. The van der Waals surface area contributed by atoms with Crippen LogP contribution in [0.1, 0.15) is 64.7 Å². The molecule has 28 heavy (non-hydrogen) atoms. The number of carbonyl (C=O) groups is 1. The van der Waals surface area contributed by atoms with Crippen molar-refractivity contribution in [1.82, 2.24) is 4.98 Å². The Labute approximate surface area is 171 Å². The molecule has 4 heteroatoms. The number of carbonyl (C=O) groups excluding carboxylic acids is 1. The summed E-state index contributed by atoms with van der Waals surface area (Å²) in [5, 5.41) is 1.17. The van der Waals surface area contributed by atoms with Gasteiger partial charge >= 0.3 is 0 Å². The topological polar surface area (TPSA) is 39.2 Å². The van der Waals surface area contributed by atoms with E-state index in [1.54, 1.807) is 18.3 Å². The van der Waals surface area contributed by atoms with Gasteiger partial charge in [0.1, 0.15) is 0 Å². The van der Waals surface area contributed by atoms with Crippen molar-refractivity contribution in [3.8, 4) is 11.1 Å². The summed E-state index contributed by atoms with van der Waals surface area (Å²) in [5.74, 6) is 0.0761. The first-order valence-electron chi connectivity index (χ1n) is 9.75. The molecular formula is C24H27NO2S. The number of benzene rings is 2. The maximum Gasteiger partial charge on any atom is 0.160 e. The molecule has 1 aromatic heterocycles. The number of aromatic nitrogens is 1. The van der Waals surface area contributed by atoms with Gasteiger partial charge in [-0.1, -0.05) is 43.3 Å². The van der Waals surface area contributed by atoms with Crippen molar-refractivity contribution in [2.24, 2.45) is 0 Å². The van der Waals surface area contributed by atoms with E-state index in [-0.39, 0.29) is 11.9 Å². The molecular weight excluding hydrogens is 366 g/mol. The molecule has 0 amide bonds. The van der Waals surface area contributed by atoms with Crippen LogP contribution in [0.5, 0.6) is 0 Å². The number of ether oxygens (including phenoxy) is 1. The van der Waals surface area contributed by atoms with Gasteiger partial charge in [-0.05, 0) is 61.9 Å². The summed E-state index contributed by atoms with van der Waals surface area (Å²) in [5.41, 5.74) is 5.03. The van der Waals surface area contributed by atoms with Gasteiger partial charge in [0.2, 0.25) is 0 Å². The highest BCUT2D eigenvalue weighted by molar-refractivity contribution is 7.11. The van der Waals surface area contributed by atoms with Crippen LogP contribution in [0.3, 0.4) is 0 Å². The van der Waals surface area contributed by atoms with E-state index in [1.807, 2.05) is 30.5 Å². The van der Waals surface area contributed by atoms with E-state index in [1.165, 1.54) is 5.01 Å². The molecule has 2 aromatic carbocycles. The van der Waals surface area contributed by atoms with Gasteiger partial charge in [0.25, 0.3) is 0 Å². The fourth-order valence-electron chi connectivity index (χ4n) is 3.23. The molecule has 0 radical (unpaired) electrons. The van der Waals surface area contributed by atoms with Gasteiger partial charge in [0.15, 0.2) is 5.78 Å². The van der Waals surface area contributed by atoms with Crippen molar-refractivity contribution in [3.63, 3.8) is 0 Å². The van der Waals surface area contributed by atoms with Gasteiger partial charge in [-0.3, -0.25) is 4.79 Å². The molecule has 0 aliphatic heterocycles. The highest BCUT2D eigenvalue weighted by Crippen LogP contribution is 2.30. The van der Waals surface area contributed by atoms with Crippen molar-refractivity contribution in [3.05, 3.63) is 75.2 Å². The summed E-state index contributed by atoms with van der Waals surface area (Å²) >= 11 is 1.73. The van der Waals surface area contributed by atoms with Crippen LogP contribution in [0.25, 0.3) is 11.1 Å². The summed E-state index contributed by atoms with van der Waals surface area (Å²) in [6, 6.07) is 14.2. The van der Waals surface area contributed by atoms with Gasteiger partial charge in [-0.15, -0.1) is 11.3 Å². The highest BCUT2D eigenvalue weighted by Gasteiger charge is 2.14. The van der Waals surface area contributed by atoms with Crippen LogP contribution >= 0.6 is 11.3 Å². The molecule has 0 fully saturated rings. The third kappa shape index (κ3) is 4.75. The fraction of sp³-hybridized carbons (Fsp3) is 0.333. The van der Waals surface area contributed by atoms with Gasteiger partial charge in [0, 0.05) is 11.8 Å². The fourth-order valence-corrected chi connectivity index (χ4v) is 4.25. The van der Waals surface area contributed by atoms with Crippen LogP contribution in [0.4, 0.5) is 0 Å². The lowest BCUT2D eigenvalue weighted by Crippen LogP contribution is -2.02. The average Bonchev–Trinajstić information content (AvgIpc) is 3.15. The van der Waals surface area contributed by atoms with Gasteiger partial charge in [-0.25, -0.2) is 4.98 Å². The highest BCUT2D eigenvalue weighted by atomic mass is 32.1. The molecule has 3 nitrogen and oxygen atoms in total. The minimum Gasteiger partial charge on any atom is -0.368 e. The number of aryl methyl sites for hydroxylation is 2. The lowest BCUT2D eigenvalue weighted by Gasteiger charge is -2.15. The van der Waals surface area contributed by atoms with Gasteiger partial charge in [-0.2, -0.15) is 0 Å². The van der Waals surface area contributed by atoms with Crippen molar-refractivity contribution < 1.29 is 9.53 Å². The number of nitrogens with zero attached hydrogens (tertiary/aromatic N) is 1. The third-order valence-corrected chi connectivity index (χ3v) is 6.05. The van der Waals surface area contributed by atoms with Crippen molar-refractivity contribution in [2.45, 2.75) is 53.2 Å². The van der Waals surface area contributed by atoms with Crippen LogP contribution in [-0.4, -0.2) is 10.8 Å². The maximum absolute atomic E-state index is 12.1. The molecule has 0 N–H and O–H groups in total. The van der Waals surface area contributed by atoms with Crippen LogP contribution in [0, 0.1) is 6.92 Å². The summed E-state index contributed by atoms with van der Waals surface area (Å²) in [6.07, 6.45) is 4.05. The molecule has 146 valence electrons. The standard InChI is InChI=1S/C24H27NO2S/c1-5-8-24-25-14-23(28-24)18(4)27-15-19-11-12-21(17(3)26)22(13-19)20-10-7-6-9-16(20)2/h6-7,9-14,18H,5,8,15H2,1-4H3. The largest absolute Gasteiger partial charge is 0.368 e. The number of ketones is 1. The molecule has 0 saturated carbocycles. The van der Waals surface area contributed by atoms with Crippen LogP contribution in [-0.2, 0) is 17.8 Å². The molecule has 3 rings (SSSR count). The molecule has 1 heterocycles. The summed E-state index contributed by atoms with van der Waals surface area (Å²) in [7, 11) is 0. The smallest absolute Gasteiger partial charge is 0.160 e. The quantitative estimate of drug-likeness (QED) is 0.407. The Hall–Kier alpha value is -2.30. The Morgan fingerprint density at radius 2 is 1.96 bits per heavy atom. The van der Waals surface area contributed by atoms with Gasteiger partial charge in [0.05, 0.1) is 22.6 Å². The molecule has 0 aliphatic rings. The molecule has 0 spiro atoms. The van der Waals surface area contributed by atoms with E-state index >= 15 is 0 Å². The molecule has 3 aromatic rings. The Morgan fingerprint density at radius 1 is 1.18 bits per heavy atom. The van der Waals surface area contributed by atoms with Crippen LogP contribution in [0.15, 0.2) is 48.7 Å². The minimum atomic E-state index is -0.00231. The Kier molecular flexibility index (Phi) is 6.76. The zero-order valence-corrected chi connectivity index (χ0v) is 17.8. The molecule has 0 aliphatic carbocycles. The van der Waals surface area contributed by atoms with E-state index in [9.17, 15) is 4.79 Å². The molecule has 0 bridgehead atoms. The third-order valence-electron chi connectivity index (χ3n) is 4.83. The number of hydrogen-bond acceptors (Lipinski definition) is 4. The number of thiazole rings is 1. The SMILES string of the molecule is CCCc1ncc(C(C)OCc2ccc(C(C)=O)c(-c3ccccc3C)c2)s1. The normalized spacial score (nSPS) is 12.1. The lowest BCUT2D eigenvalue weighted by atomic mass is 9.93. The number of hydrogen-bond donors (Lipinski definition) is 0. The second kappa shape index (κ2) is 9.26. The van der Waals surface area contributed by atoms with E-state index in [4.69, 9.17) is 4.74 Å². The van der Waals surface area contributed by atoms with E-state index < -0.39 is 0 Å². The molecule has 1 unspecified atom stereocenters. The Balaban J connectivity index is 1.80. The van der Waals surface area contributed by atoms with E-state index in [0.717, 1.165) is 45.5 Å². The van der Waals surface area contributed by atoms with E-state index in [2.05, 4.69) is 44.0 Å². The Bertz CT molecular complexity index is 961. The van der Waals surface area contributed by atoms with Gasteiger partial charge < -0.3 is 4.74 Å². The van der Waals surface area contributed by atoms with Crippen molar-refractivity contribution in [1.29, 1.82) is 0 Å². The summed E-state index contributed by atoms with van der Waals surface area (Å²) < 4.78 is 6.11. The maximum atomic E-state index is 12.1. The van der Waals surface area contributed by atoms with E-state index in [0.29, 0.717) is 6.61 Å². The lowest BCUT2D eigenvalue weighted by molar-refractivity contribution is 0.0547. The minimum absolute atomic E-state index is 0.00231. The predicted molar refractivity (Wildman–Crippen MR) is 116 cm³/mol. The zero-order chi connectivity index (χ0) is 20.1.